The zero-order valence-corrected chi connectivity index (χ0v) is 16.7. The summed E-state index contributed by atoms with van der Waals surface area (Å²) in [6.07, 6.45) is 0.495. The molecule has 1 heterocycles. The van der Waals surface area contributed by atoms with Crippen LogP contribution in [0.15, 0.2) is 30.3 Å². The van der Waals surface area contributed by atoms with Crippen LogP contribution in [0.3, 0.4) is 0 Å². The normalized spacial score (nSPS) is 22.2. The zero-order valence-electron chi connectivity index (χ0n) is 15.8. The Morgan fingerprint density at radius 1 is 1.27 bits per heavy atom. The molecule has 6 heteroatoms. The minimum atomic E-state index is -0.225. The van der Waals surface area contributed by atoms with Gasteiger partial charge in [-0.15, -0.1) is 0 Å². The van der Waals surface area contributed by atoms with E-state index in [1.54, 1.807) is 6.92 Å². The predicted octanol–water partition coefficient (Wildman–Crippen LogP) is 3.35. The molecule has 1 aromatic carbocycles. The number of carbonyl (C=O) groups excluding carboxylic acids is 1. The first kappa shape index (κ1) is 20.8. The van der Waals surface area contributed by atoms with Crippen LogP contribution in [0, 0.1) is 0 Å². The van der Waals surface area contributed by atoms with Crippen LogP contribution in [0.4, 0.5) is 0 Å². The highest BCUT2D eigenvalue weighted by atomic mass is 32.1. The van der Waals surface area contributed by atoms with E-state index >= 15 is 0 Å². The monoisotopic (exact) mass is 379 g/mol. The molecule has 0 bridgehead atoms. The molecule has 144 valence electrons. The Balaban J connectivity index is 1.92. The minimum absolute atomic E-state index is 0.117. The van der Waals surface area contributed by atoms with E-state index in [0.29, 0.717) is 31.2 Å². The van der Waals surface area contributed by atoms with Gasteiger partial charge in [0.05, 0.1) is 19.3 Å². The molecular formula is C20H29NO4S. The second-order valence-corrected chi connectivity index (χ2v) is 6.88. The summed E-state index contributed by atoms with van der Waals surface area (Å²) in [7, 11) is 0. The number of benzene rings is 1. The number of rotatable bonds is 9. The summed E-state index contributed by atoms with van der Waals surface area (Å²) in [6, 6.07) is 10.0. The van der Waals surface area contributed by atoms with Gasteiger partial charge < -0.3 is 19.1 Å². The Kier molecular flexibility index (Phi) is 8.48. The second-order valence-electron chi connectivity index (χ2n) is 6.53. The molecule has 0 unspecified atom stereocenters. The zero-order chi connectivity index (χ0) is 18.9. The first-order valence-corrected chi connectivity index (χ1v) is 9.66. The van der Waals surface area contributed by atoms with E-state index in [1.807, 2.05) is 49.1 Å². The van der Waals surface area contributed by atoms with Crippen molar-refractivity contribution in [1.29, 1.82) is 0 Å². The Labute approximate surface area is 161 Å². The lowest BCUT2D eigenvalue weighted by Crippen LogP contribution is -2.37. The van der Waals surface area contributed by atoms with E-state index in [1.165, 1.54) is 0 Å². The number of hydrogen-bond donors (Lipinski definition) is 0. The van der Waals surface area contributed by atoms with Crippen LogP contribution in [0.5, 0.6) is 0 Å². The number of Topliss-reactive ketones (excluding diaryl/α,β-unsaturated/α-hetero) is 1. The summed E-state index contributed by atoms with van der Waals surface area (Å²) >= 11 is 5.42. The van der Waals surface area contributed by atoms with Crippen LogP contribution < -0.4 is 0 Å². The van der Waals surface area contributed by atoms with Crippen molar-refractivity contribution < 1.29 is 19.0 Å². The first-order chi connectivity index (χ1) is 12.5. The summed E-state index contributed by atoms with van der Waals surface area (Å²) in [6.45, 7) is 8.20. The van der Waals surface area contributed by atoms with Crippen molar-refractivity contribution in [3.8, 4) is 0 Å². The molecule has 0 aliphatic carbocycles. The summed E-state index contributed by atoms with van der Waals surface area (Å²) < 4.78 is 17.9. The smallest absolute Gasteiger partial charge is 0.259 e. The van der Waals surface area contributed by atoms with Crippen molar-refractivity contribution in [2.75, 3.05) is 19.7 Å². The largest absolute Gasteiger partial charge is 0.465 e. The van der Waals surface area contributed by atoms with Crippen LogP contribution in [-0.4, -0.2) is 53.9 Å². The van der Waals surface area contributed by atoms with E-state index < -0.39 is 0 Å². The molecule has 1 aliphatic rings. The van der Waals surface area contributed by atoms with Gasteiger partial charge in [-0.3, -0.25) is 4.79 Å². The number of nitrogens with zero attached hydrogens (tertiary/aromatic N) is 1. The highest BCUT2D eigenvalue weighted by Crippen LogP contribution is 2.27. The lowest BCUT2D eigenvalue weighted by atomic mass is 10.1. The maximum absolute atomic E-state index is 11.4. The molecule has 0 spiro atoms. The van der Waals surface area contributed by atoms with Crippen LogP contribution >= 0.6 is 12.2 Å². The van der Waals surface area contributed by atoms with Gasteiger partial charge in [0.25, 0.3) is 5.17 Å². The summed E-state index contributed by atoms with van der Waals surface area (Å²) in [5.41, 5.74) is 1.11. The predicted molar refractivity (Wildman–Crippen MR) is 105 cm³/mol. The Hall–Kier alpha value is -1.50. The highest BCUT2D eigenvalue weighted by Gasteiger charge is 2.38. The molecular weight excluding hydrogens is 350 g/mol. The summed E-state index contributed by atoms with van der Waals surface area (Å²) in [5, 5.41) is 0.486. The molecule has 0 N–H and O–H groups in total. The highest BCUT2D eigenvalue weighted by molar-refractivity contribution is 7.80. The average molecular weight is 380 g/mol. The summed E-state index contributed by atoms with van der Waals surface area (Å²) in [5.74, 6) is 0.117. The average Bonchev–Trinajstić information content (AvgIpc) is 2.97. The van der Waals surface area contributed by atoms with Gasteiger partial charge in [-0.05, 0) is 38.6 Å². The van der Waals surface area contributed by atoms with Crippen LogP contribution in [0.25, 0.3) is 0 Å². The minimum Gasteiger partial charge on any atom is -0.465 e. The molecule has 0 amide bonds. The van der Waals surface area contributed by atoms with Gasteiger partial charge in [0.2, 0.25) is 0 Å². The Morgan fingerprint density at radius 3 is 2.58 bits per heavy atom. The van der Waals surface area contributed by atoms with Crippen molar-refractivity contribution in [2.24, 2.45) is 0 Å². The van der Waals surface area contributed by atoms with Crippen LogP contribution in [0.2, 0.25) is 0 Å². The standard InChI is InChI=1S/C20H29NO4S/c1-4-21(5-2)20(26)25-18-12-17(11-15(3)22)24-19(18)14-23-13-16-9-7-6-8-10-16/h6-10,17-19H,4-5,11-14H2,1-3H3/t17-,18-,19+/m0/s1. The van der Waals surface area contributed by atoms with Gasteiger partial charge in [-0.1, -0.05) is 30.3 Å². The third-order valence-corrected chi connectivity index (χ3v) is 4.81. The van der Waals surface area contributed by atoms with E-state index in [9.17, 15) is 4.79 Å². The van der Waals surface area contributed by atoms with Crippen molar-refractivity contribution in [1.82, 2.24) is 4.90 Å². The molecule has 1 saturated heterocycles. The lowest BCUT2D eigenvalue weighted by Gasteiger charge is -2.26. The second kappa shape index (κ2) is 10.6. The summed E-state index contributed by atoms with van der Waals surface area (Å²) in [4.78, 5) is 13.4. The van der Waals surface area contributed by atoms with Crippen LogP contribution in [0.1, 0.15) is 39.2 Å². The molecule has 0 aromatic heterocycles. The van der Waals surface area contributed by atoms with Crippen LogP contribution in [-0.2, 0) is 25.6 Å². The SMILES string of the molecule is CCN(CC)C(=S)O[C@H]1C[C@H](CC(C)=O)O[C@@H]1COCc1ccccc1. The maximum atomic E-state index is 11.4. The van der Waals surface area contributed by atoms with Gasteiger partial charge in [0, 0.05) is 25.9 Å². The molecule has 1 fully saturated rings. The Bertz CT molecular complexity index is 576. The molecule has 2 rings (SSSR count). The topological polar surface area (TPSA) is 48.0 Å². The van der Waals surface area contributed by atoms with Gasteiger partial charge in [-0.25, -0.2) is 0 Å². The molecule has 26 heavy (non-hydrogen) atoms. The van der Waals surface area contributed by atoms with E-state index in [2.05, 4.69) is 0 Å². The number of carbonyl (C=O) groups is 1. The van der Waals surface area contributed by atoms with Crippen molar-refractivity contribution in [3.05, 3.63) is 35.9 Å². The lowest BCUT2D eigenvalue weighted by molar-refractivity contribution is -0.120. The Morgan fingerprint density at radius 2 is 1.96 bits per heavy atom. The molecule has 0 saturated carbocycles. The molecule has 0 radical (unpaired) electrons. The number of hydrogen-bond acceptors (Lipinski definition) is 5. The van der Waals surface area contributed by atoms with Crippen molar-refractivity contribution in [2.45, 2.75) is 58.5 Å². The fraction of sp³-hybridized carbons (Fsp3) is 0.600. The number of ether oxygens (including phenoxy) is 3. The van der Waals surface area contributed by atoms with Crippen molar-refractivity contribution >= 4 is 23.2 Å². The molecule has 1 aromatic rings. The number of ketones is 1. The van der Waals surface area contributed by atoms with Gasteiger partial charge in [-0.2, -0.15) is 0 Å². The third kappa shape index (κ3) is 6.34. The van der Waals surface area contributed by atoms with E-state index in [-0.39, 0.29) is 24.1 Å². The van der Waals surface area contributed by atoms with Crippen molar-refractivity contribution in [3.63, 3.8) is 0 Å². The van der Waals surface area contributed by atoms with Gasteiger partial charge in [0.15, 0.2) is 0 Å². The quantitative estimate of drug-likeness (QED) is 0.613. The number of thiocarbonyl (C=S) groups is 1. The first-order valence-electron chi connectivity index (χ1n) is 9.25. The maximum Gasteiger partial charge on any atom is 0.259 e. The van der Waals surface area contributed by atoms with E-state index in [4.69, 9.17) is 26.4 Å². The molecule has 5 nitrogen and oxygen atoms in total. The fourth-order valence-corrected chi connectivity index (χ4v) is 3.46. The van der Waals surface area contributed by atoms with E-state index in [0.717, 1.165) is 18.7 Å². The third-order valence-electron chi connectivity index (χ3n) is 4.46. The fourth-order valence-electron chi connectivity index (χ4n) is 3.08. The van der Waals surface area contributed by atoms with Gasteiger partial charge >= 0.3 is 0 Å². The van der Waals surface area contributed by atoms with Gasteiger partial charge in [0.1, 0.15) is 18.0 Å². The molecule has 3 atom stereocenters. The molecule has 1 aliphatic heterocycles.